The van der Waals surface area contributed by atoms with Gasteiger partial charge >= 0.3 is 5.97 Å². The van der Waals surface area contributed by atoms with Crippen molar-refractivity contribution in [3.05, 3.63) is 0 Å². The number of esters is 1. The second-order valence-corrected chi connectivity index (χ2v) is 4.82. The molecule has 0 aliphatic carbocycles. The molecule has 0 aromatic heterocycles. The monoisotopic (exact) mass is 351 g/mol. The maximum absolute atomic E-state index is 11.1. The number of hydrogen-bond acceptors (Lipinski definition) is 8. The normalized spacial score (nSPS) is 10.9. The molecule has 8 heteroatoms. The molecule has 0 unspecified atom stereocenters. The van der Waals surface area contributed by atoms with Crippen LogP contribution in [-0.2, 0) is 33.2 Å². The van der Waals surface area contributed by atoms with Crippen LogP contribution in [0.15, 0.2) is 0 Å². The Bertz CT molecular complexity index is 267. The van der Waals surface area contributed by atoms with Crippen molar-refractivity contribution in [2.75, 3.05) is 79.2 Å². The first-order valence-electron chi connectivity index (χ1n) is 8.55. The SMILES string of the molecule is CCCC(=O)OCCOCCOCCOCCOCCOCCN. The lowest BCUT2D eigenvalue weighted by molar-refractivity contribution is -0.145. The third kappa shape index (κ3) is 19.3. The van der Waals surface area contributed by atoms with Gasteiger partial charge in [-0.2, -0.15) is 0 Å². The summed E-state index contributed by atoms with van der Waals surface area (Å²) in [7, 11) is 0. The van der Waals surface area contributed by atoms with Crippen LogP contribution >= 0.6 is 0 Å². The number of nitrogens with two attached hydrogens (primary N) is 1. The van der Waals surface area contributed by atoms with Crippen molar-refractivity contribution >= 4 is 5.97 Å². The highest BCUT2D eigenvalue weighted by Crippen LogP contribution is 1.91. The van der Waals surface area contributed by atoms with Crippen LogP contribution in [0.1, 0.15) is 19.8 Å². The highest BCUT2D eigenvalue weighted by molar-refractivity contribution is 5.69. The Labute approximate surface area is 144 Å². The van der Waals surface area contributed by atoms with Gasteiger partial charge in [-0.05, 0) is 6.42 Å². The molecule has 0 aromatic rings. The second kappa shape index (κ2) is 20.3. The van der Waals surface area contributed by atoms with Gasteiger partial charge in [0, 0.05) is 13.0 Å². The third-order valence-electron chi connectivity index (χ3n) is 2.70. The first-order valence-corrected chi connectivity index (χ1v) is 8.55. The van der Waals surface area contributed by atoms with E-state index in [9.17, 15) is 4.79 Å². The molecule has 0 spiro atoms. The van der Waals surface area contributed by atoms with Gasteiger partial charge < -0.3 is 34.2 Å². The van der Waals surface area contributed by atoms with E-state index in [1.165, 1.54) is 0 Å². The largest absolute Gasteiger partial charge is 0.463 e. The molecule has 0 saturated carbocycles. The zero-order valence-corrected chi connectivity index (χ0v) is 14.8. The molecule has 0 amide bonds. The van der Waals surface area contributed by atoms with Crippen molar-refractivity contribution in [3.63, 3.8) is 0 Å². The first-order chi connectivity index (χ1) is 11.8. The average molecular weight is 351 g/mol. The maximum Gasteiger partial charge on any atom is 0.305 e. The fourth-order valence-electron chi connectivity index (χ4n) is 1.56. The van der Waals surface area contributed by atoms with Crippen molar-refractivity contribution in [2.45, 2.75) is 19.8 Å². The van der Waals surface area contributed by atoms with E-state index < -0.39 is 0 Å². The number of ether oxygens (including phenoxy) is 6. The highest BCUT2D eigenvalue weighted by Gasteiger charge is 1.99. The van der Waals surface area contributed by atoms with E-state index >= 15 is 0 Å². The van der Waals surface area contributed by atoms with Crippen molar-refractivity contribution in [2.24, 2.45) is 5.73 Å². The molecule has 8 nitrogen and oxygen atoms in total. The second-order valence-electron chi connectivity index (χ2n) is 4.82. The summed E-state index contributed by atoms with van der Waals surface area (Å²) in [5.74, 6) is -0.179. The number of carbonyl (C=O) groups is 1. The van der Waals surface area contributed by atoms with Crippen molar-refractivity contribution in [3.8, 4) is 0 Å². The fraction of sp³-hybridized carbons (Fsp3) is 0.938. The standard InChI is InChI=1S/C16H33NO7/c1-2-3-16(18)24-15-14-23-13-12-22-11-10-21-9-8-20-7-6-19-5-4-17/h2-15,17H2,1H3. The maximum atomic E-state index is 11.1. The van der Waals surface area contributed by atoms with Crippen LogP contribution < -0.4 is 5.73 Å². The fourth-order valence-corrected chi connectivity index (χ4v) is 1.56. The predicted octanol–water partition coefficient (Wildman–Crippen LogP) is 0.371. The molecule has 2 N–H and O–H groups in total. The van der Waals surface area contributed by atoms with Crippen LogP contribution in [0, 0.1) is 0 Å². The van der Waals surface area contributed by atoms with Gasteiger partial charge in [0.05, 0.1) is 66.1 Å². The Morgan fingerprint density at radius 1 is 0.667 bits per heavy atom. The average Bonchev–Trinajstić information content (AvgIpc) is 2.58. The van der Waals surface area contributed by atoms with E-state index in [0.717, 1.165) is 6.42 Å². The van der Waals surface area contributed by atoms with Gasteiger partial charge in [0.1, 0.15) is 6.61 Å². The molecular formula is C16H33NO7. The molecule has 0 radical (unpaired) electrons. The van der Waals surface area contributed by atoms with Crippen molar-refractivity contribution < 1.29 is 33.2 Å². The topological polar surface area (TPSA) is 98.5 Å². The number of rotatable bonds is 19. The Balaban J connectivity index is 3.01. The highest BCUT2D eigenvalue weighted by atomic mass is 16.6. The lowest BCUT2D eigenvalue weighted by Gasteiger charge is -2.08. The third-order valence-corrected chi connectivity index (χ3v) is 2.70. The molecule has 24 heavy (non-hydrogen) atoms. The zero-order chi connectivity index (χ0) is 17.7. The smallest absolute Gasteiger partial charge is 0.305 e. The van der Waals surface area contributed by atoms with Crippen LogP contribution in [0.3, 0.4) is 0 Å². The van der Waals surface area contributed by atoms with E-state index in [1.807, 2.05) is 6.92 Å². The van der Waals surface area contributed by atoms with Gasteiger partial charge in [-0.15, -0.1) is 0 Å². The summed E-state index contributed by atoms with van der Waals surface area (Å²) in [6.07, 6.45) is 1.25. The number of hydrogen-bond donors (Lipinski definition) is 1. The van der Waals surface area contributed by atoms with E-state index in [1.54, 1.807) is 0 Å². The number of carbonyl (C=O) groups excluding carboxylic acids is 1. The van der Waals surface area contributed by atoms with Gasteiger partial charge in [0.2, 0.25) is 0 Å². The van der Waals surface area contributed by atoms with E-state index in [2.05, 4.69) is 0 Å². The lowest BCUT2D eigenvalue weighted by Crippen LogP contribution is -2.15. The Morgan fingerprint density at radius 2 is 1.04 bits per heavy atom. The molecule has 0 saturated heterocycles. The van der Waals surface area contributed by atoms with E-state index in [-0.39, 0.29) is 5.97 Å². The van der Waals surface area contributed by atoms with Gasteiger partial charge in [-0.25, -0.2) is 0 Å². The van der Waals surface area contributed by atoms with Gasteiger partial charge in [0.25, 0.3) is 0 Å². The summed E-state index contributed by atoms with van der Waals surface area (Å²) < 4.78 is 31.4. The minimum absolute atomic E-state index is 0.179. The quantitative estimate of drug-likeness (QED) is 0.263. The van der Waals surface area contributed by atoms with E-state index in [4.69, 9.17) is 34.2 Å². The molecule has 0 heterocycles. The van der Waals surface area contributed by atoms with Crippen LogP contribution in [-0.4, -0.2) is 85.2 Å². The summed E-state index contributed by atoms with van der Waals surface area (Å²) in [5, 5.41) is 0. The Hall–Kier alpha value is -0.770. The molecule has 0 bridgehead atoms. The van der Waals surface area contributed by atoms with Gasteiger partial charge in [0.15, 0.2) is 0 Å². The Morgan fingerprint density at radius 3 is 1.42 bits per heavy atom. The molecular weight excluding hydrogens is 318 g/mol. The molecule has 0 aromatic carbocycles. The molecule has 0 fully saturated rings. The van der Waals surface area contributed by atoms with Crippen LogP contribution in [0.2, 0.25) is 0 Å². The summed E-state index contributed by atoms with van der Waals surface area (Å²) in [4.78, 5) is 11.1. The zero-order valence-electron chi connectivity index (χ0n) is 14.8. The summed E-state index contributed by atoms with van der Waals surface area (Å²) in [5.41, 5.74) is 5.29. The van der Waals surface area contributed by atoms with Crippen LogP contribution in [0.25, 0.3) is 0 Å². The minimum atomic E-state index is -0.179. The van der Waals surface area contributed by atoms with Crippen LogP contribution in [0.5, 0.6) is 0 Å². The Kier molecular flexibility index (Phi) is 19.6. The summed E-state index contributed by atoms with van der Waals surface area (Å²) in [6, 6.07) is 0. The van der Waals surface area contributed by atoms with Crippen molar-refractivity contribution in [1.29, 1.82) is 0 Å². The minimum Gasteiger partial charge on any atom is -0.463 e. The molecule has 0 atom stereocenters. The summed E-state index contributed by atoms with van der Waals surface area (Å²) in [6.45, 7) is 7.85. The first kappa shape index (κ1) is 23.2. The predicted molar refractivity (Wildman–Crippen MR) is 89.0 cm³/mol. The van der Waals surface area contributed by atoms with Gasteiger partial charge in [-0.3, -0.25) is 4.79 Å². The lowest BCUT2D eigenvalue weighted by atomic mass is 10.3. The van der Waals surface area contributed by atoms with E-state index in [0.29, 0.717) is 85.6 Å². The van der Waals surface area contributed by atoms with Crippen molar-refractivity contribution in [1.82, 2.24) is 0 Å². The molecule has 0 aliphatic rings. The van der Waals surface area contributed by atoms with Gasteiger partial charge in [-0.1, -0.05) is 6.92 Å². The molecule has 0 aliphatic heterocycles. The molecule has 0 rings (SSSR count). The summed E-state index contributed by atoms with van der Waals surface area (Å²) >= 11 is 0. The van der Waals surface area contributed by atoms with Crippen LogP contribution in [0.4, 0.5) is 0 Å². The molecule has 144 valence electrons.